The summed E-state index contributed by atoms with van der Waals surface area (Å²) in [4.78, 5) is 4.49. The Balaban J connectivity index is 2.25. The molecule has 0 fully saturated rings. The fourth-order valence-electron chi connectivity index (χ4n) is 1.31. The first-order valence-corrected chi connectivity index (χ1v) is 5.77. The summed E-state index contributed by atoms with van der Waals surface area (Å²) in [6, 6.07) is 8.16. The van der Waals surface area contributed by atoms with Gasteiger partial charge in [0.05, 0.1) is 5.56 Å². The number of aromatic hydroxyl groups is 1. The SMILES string of the molecule is Oc1cccc(Sc2cc(C(F)(F)F)ccn2)c1. The fourth-order valence-corrected chi connectivity index (χ4v) is 2.18. The third-order valence-electron chi connectivity index (χ3n) is 2.10. The summed E-state index contributed by atoms with van der Waals surface area (Å²) in [6.07, 6.45) is -3.26. The number of phenolic OH excluding ortho intramolecular Hbond substituents is 1. The molecule has 0 aliphatic heterocycles. The van der Waals surface area contributed by atoms with Crippen molar-refractivity contribution >= 4 is 11.8 Å². The van der Waals surface area contributed by atoms with Crippen LogP contribution in [-0.4, -0.2) is 10.1 Å². The number of hydrogen-bond acceptors (Lipinski definition) is 3. The molecule has 18 heavy (non-hydrogen) atoms. The Kier molecular flexibility index (Phi) is 3.47. The number of nitrogens with zero attached hydrogens (tertiary/aromatic N) is 1. The molecule has 1 aromatic carbocycles. The Labute approximate surface area is 105 Å². The summed E-state index contributed by atoms with van der Waals surface area (Å²) < 4.78 is 37.5. The van der Waals surface area contributed by atoms with Gasteiger partial charge < -0.3 is 5.11 Å². The lowest BCUT2D eigenvalue weighted by molar-refractivity contribution is -0.137. The Morgan fingerprint density at radius 1 is 1.11 bits per heavy atom. The molecule has 0 aliphatic rings. The maximum Gasteiger partial charge on any atom is 0.416 e. The molecule has 94 valence electrons. The number of halogens is 3. The van der Waals surface area contributed by atoms with Gasteiger partial charge in [-0.25, -0.2) is 4.98 Å². The maximum absolute atomic E-state index is 12.5. The first kappa shape index (κ1) is 12.8. The zero-order valence-corrected chi connectivity index (χ0v) is 9.79. The van der Waals surface area contributed by atoms with Crippen LogP contribution in [0.3, 0.4) is 0 Å². The van der Waals surface area contributed by atoms with Crippen LogP contribution in [0.15, 0.2) is 52.5 Å². The normalized spacial score (nSPS) is 11.5. The van der Waals surface area contributed by atoms with E-state index in [4.69, 9.17) is 0 Å². The molecule has 0 aliphatic carbocycles. The summed E-state index contributed by atoms with van der Waals surface area (Å²) in [5.41, 5.74) is -0.736. The number of benzene rings is 1. The van der Waals surface area contributed by atoms with Gasteiger partial charge in [-0.15, -0.1) is 0 Å². The summed E-state index contributed by atoms with van der Waals surface area (Å²) in [5, 5.41) is 9.49. The summed E-state index contributed by atoms with van der Waals surface area (Å²) in [6.45, 7) is 0. The van der Waals surface area contributed by atoms with Crippen molar-refractivity contribution in [3.8, 4) is 5.75 Å². The van der Waals surface area contributed by atoms with Crippen LogP contribution in [0.5, 0.6) is 5.75 Å². The van der Waals surface area contributed by atoms with Crippen LogP contribution < -0.4 is 0 Å². The van der Waals surface area contributed by atoms with Gasteiger partial charge in [-0.1, -0.05) is 17.8 Å². The second-order valence-corrected chi connectivity index (χ2v) is 4.57. The standard InChI is InChI=1S/C12H8F3NOS/c13-12(14,15)8-4-5-16-11(6-8)18-10-3-1-2-9(17)7-10/h1-7,17H. The molecular formula is C12H8F3NOS. The monoisotopic (exact) mass is 271 g/mol. The minimum Gasteiger partial charge on any atom is -0.508 e. The van der Waals surface area contributed by atoms with E-state index in [2.05, 4.69) is 4.98 Å². The predicted octanol–water partition coefficient (Wildman–Crippen LogP) is 3.96. The highest BCUT2D eigenvalue weighted by molar-refractivity contribution is 7.99. The number of rotatable bonds is 2. The number of phenols is 1. The molecule has 6 heteroatoms. The number of alkyl halides is 3. The van der Waals surface area contributed by atoms with Crippen LogP contribution in [0.1, 0.15) is 5.56 Å². The fraction of sp³-hybridized carbons (Fsp3) is 0.0833. The zero-order valence-electron chi connectivity index (χ0n) is 8.98. The lowest BCUT2D eigenvalue weighted by Crippen LogP contribution is -2.04. The van der Waals surface area contributed by atoms with E-state index in [-0.39, 0.29) is 10.8 Å². The van der Waals surface area contributed by atoms with Crippen LogP contribution in [-0.2, 0) is 6.18 Å². The van der Waals surface area contributed by atoms with E-state index < -0.39 is 11.7 Å². The van der Waals surface area contributed by atoms with Gasteiger partial charge in [0, 0.05) is 11.1 Å². The number of hydrogen-bond donors (Lipinski definition) is 1. The molecule has 0 saturated carbocycles. The van der Waals surface area contributed by atoms with Gasteiger partial charge in [0.1, 0.15) is 10.8 Å². The zero-order chi connectivity index (χ0) is 13.2. The van der Waals surface area contributed by atoms with Gasteiger partial charge in [-0.05, 0) is 30.3 Å². The molecule has 0 amide bonds. The van der Waals surface area contributed by atoms with Crippen LogP contribution in [0.25, 0.3) is 0 Å². The molecule has 0 spiro atoms. The Morgan fingerprint density at radius 2 is 1.89 bits per heavy atom. The quantitative estimate of drug-likeness (QED) is 0.897. The summed E-state index contributed by atoms with van der Waals surface area (Å²) in [7, 11) is 0. The van der Waals surface area contributed by atoms with Crippen molar-refractivity contribution in [2.24, 2.45) is 0 Å². The molecule has 2 aromatic rings. The molecular weight excluding hydrogens is 263 g/mol. The largest absolute Gasteiger partial charge is 0.508 e. The Morgan fingerprint density at radius 3 is 2.56 bits per heavy atom. The van der Waals surface area contributed by atoms with Crippen molar-refractivity contribution in [3.63, 3.8) is 0 Å². The Hall–Kier alpha value is -1.69. The molecule has 0 radical (unpaired) electrons. The van der Waals surface area contributed by atoms with E-state index in [1.54, 1.807) is 12.1 Å². The second kappa shape index (κ2) is 4.89. The molecule has 0 atom stereocenters. The van der Waals surface area contributed by atoms with Crippen molar-refractivity contribution in [1.82, 2.24) is 4.98 Å². The number of aromatic nitrogens is 1. The lowest BCUT2D eigenvalue weighted by Gasteiger charge is -2.07. The van der Waals surface area contributed by atoms with Crippen molar-refractivity contribution in [1.29, 1.82) is 0 Å². The van der Waals surface area contributed by atoms with Gasteiger partial charge in [-0.3, -0.25) is 0 Å². The van der Waals surface area contributed by atoms with E-state index in [0.29, 0.717) is 4.90 Å². The minimum atomic E-state index is -4.38. The summed E-state index contributed by atoms with van der Waals surface area (Å²) in [5.74, 6) is 0.0620. The van der Waals surface area contributed by atoms with E-state index >= 15 is 0 Å². The predicted molar refractivity (Wildman–Crippen MR) is 61.5 cm³/mol. The molecule has 0 saturated heterocycles. The smallest absolute Gasteiger partial charge is 0.416 e. The average Bonchev–Trinajstić information content (AvgIpc) is 2.28. The number of pyridine rings is 1. The van der Waals surface area contributed by atoms with E-state index in [1.807, 2.05) is 0 Å². The third kappa shape index (κ3) is 3.16. The molecule has 1 N–H and O–H groups in total. The summed E-state index contributed by atoms with van der Waals surface area (Å²) >= 11 is 1.06. The van der Waals surface area contributed by atoms with Gasteiger partial charge in [0.15, 0.2) is 0 Å². The third-order valence-corrected chi connectivity index (χ3v) is 3.02. The van der Waals surface area contributed by atoms with Crippen molar-refractivity contribution in [2.75, 3.05) is 0 Å². The average molecular weight is 271 g/mol. The molecule has 0 bridgehead atoms. The maximum atomic E-state index is 12.5. The minimum absolute atomic E-state index is 0.0620. The molecule has 1 heterocycles. The van der Waals surface area contributed by atoms with Crippen LogP contribution in [0.4, 0.5) is 13.2 Å². The van der Waals surface area contributed by atoms with Gasteiger partial charge in [-0.2, -0.15) is 13.2 Å². The van der Waals surface area contributed by atoms with E-state index in [0.717, 1.165) is 30.1 Å². The first-order chi connectivity index (χ1) is 8.45. The molecule has 1 aromatic heterocycles. The second-order valence-electron chi connectivity index (χ2n) is 3.48. The van der Waals surface area contributed by atoms with Crippen LogP contribution >= 0.6 is 11.8 Å². The lowest BCUT2D eigenvalue weighted by atomic mass is 10.3. The van der Waals surface area contributed by atoms with Gasteiger partial charge >= 0.3 is 6.18 Å². The van der Waals surface area contributed by atoms with E-state index in [9.17, 15) is 18.3 Å². The Bertz CT molecular complexity index is 557. The molecule has 0 unspecified atom stereocenters. The van der Waals surface area contributed by atoms with Crippen molar-refractivity contribution in [3.05, 3.63) is 48.2 Å². The first-order valence-electron chi connectivity index (χ1n) is 4.95. The van der Waals surface area contributed by atoms with Gasteiger partial charge in [0.25, 0.3) is 0 Å². The highest BCUT2D eigenvalue weighted by Gasteiger charge is 2.30. The van der Waals surface area contributed by atoms with Crippen LogP contribution in [0, 0.1) is 0 Å². The topological polar surface area (TPSA) is 33.1 Å². The highest BCUT2D eigenvalue weighted by Crippen LogP contribution is 2.33. The van der Waals surface area contributed by atoms with E-state index in [1.165, 1.54) is 12.1 Å². The highest BCUT2D eigenvalue weighted by atomic mass is 32.2. The molecule has 2 nitrogen and oxygen atoms in total. The van der Waals surface area contributed by atoms with Gasteiger partial charge in [0.2, 0.25) is 0 Å². The van der Waals surface area contributed by atoms with Crippen molar-refractivity contribution in [2.45, 2.75) is 16.1 Å². The molecule has 2 rings (SSSR count). The van der Waals surface area contributed by atoms with Crippen LogP contribution in [0.2, 0.25) is 0 Å². The van der Waals surface area contributed by atoms with Crippen molar-refractivity contribution < 1.29 is 18.3 Å².